The molecule has 294 valence electrons. The second-order valence-corrected chi connectivity index (χ2v) is 19.3. The van der Waals surface area contributed by atoms with Crippen LogP contribution >= 0.6 is 0 Å². The first kappa shape index (κ1) is 39.2. The average Bonchev–Trinajstić information content (AvgIpc) is 3.72. The maximum atomic E-state index is 10.8. The summed E-state index contributed by atoms with van der Waals surface area (Å²) in [5, 5.41) is 10.8. The third-order valence-electron chi connectivity index (χ3n) is 17.0. The second-order valence-electron chi connectivity index (χ2n) is 19.3. The van der Waals surface area contributed by atoms with Crippen LogP contribution in [0.4, 0.5) is 0 Å². The predicted octanol–water partition coefficient (Wildman–Crippen LogP) is 8.51. The summed E-state index contributed by atoms with van der Waals surface area (Å²) in [5.41, 5.74) is 2.44. The van der Waals surface area contributed by atoms with Crippen molar-refractivity contribution >= 4 is 0 Å². The minimum Gasteiger partial charge on any atom is -0.391 e. The minimum atomic E-state index is -0.565. The Morgan fingerprint density at radius 3 is 2.40 bits per heavy atom. The molecule has 7 heteroatoms. The molecule has 52 heavy (non-hydrogen) atoms. The van der Waals surface area contributed by atoms with Crippen molar-refractivity contribution in [2.24, 2.45) is 50.7 Å². The van der Waals surface area contributed by atoms with Gasteiger partial charge in [-0.15, -0.1) is 0 Å². The molecule has 7 aliphatic rings. The van der Waals surface area contributed by atoms with Crippen LogP contribution in [-0.2, 0) is 30.2 Å². The molecular formula is C45H73NO6. The molecule has 0 aromatic heterocycles. The van der Waals surface area contributed by atoms with Gasteiger partial charge >= 0.3 is 0 Å². The number of nitrogens with zero attached hydrogens (tertiary/aromatic N) is 1. The average molecular weight is 724 g/mol. The van der Waals surface area contributed by atoms with Crippen LogP contribution in [0.5, 0.6) is 0 Å². The Kier molecular flexibility index (Phi) is 10.7. The van der Waals surface area contributed by atoms with E-state index >= 15 is 0 Å². The molecule has 1 aromatic rings. The van der Waals surface area contributed by atoms with Gasteiger partial charge in [0, 0.05) is 38.3 Å². The zero-order chi connectivity index (χ0) is 36.0. The molecule has 7 fully saturated rings. The molecule has 1 N–H and O–H groups in total. The van der Waals surface area contributed by atoms with E-state index in [4.69, 9.17) is 23.7 Å². The van der Waals surface area contributed by atoms with E-state index in [-0.39, 0.29) is 60.5 Å². The fraction of sp³-hybridized carbons (Fsp3) is 0.867. The lowest BCUT2D eigenvalue weighted by Crippen LogP contribution is -2.60. The van der Waals surface area contributed by atoms with Crippen molar-refractivity contribution < 1.29 is 28.8 Å². The molecule has 2 aliphatic heterocycles. The molecular weight excluding hydrogens is 650 g/mol. The fourth-order valence-electron chi connectivity index (χ4n) is 14.9. The molecule has 5 saturated carbocycles. The van der Waals surface area contributed by atoms with Gasteiger partial charge in [0.2, 0.25) is 0 Å². The molecule has 2 saturated heterocycles. The first-order valence-electron chi connectivity index (χ1n) is 21.0. The Morgan fingerprint density at radius 1 is 0.962 bits per heavy atom. The highest BCUT2D eigenvalue weighted by Gasteiger charge is 2.85. The molecule has 8 rings (SSSR count). The third kappa shape index (κ3) is 5.66. The summed E-state index contributed by atoms with van der Waals surface area (Å²) in [5.74, 6) is 2.25. The highest BCUT2D eigenvalue weighted by atomic mass is 16.7. The van der Waals surface area contributed by atoms with Gasteiger partial charge in [-0.2, -0.15) is 0 Å². The Morgan fingerprint density at radius 2 is 1.69 bits per heavy atom. The molecule has 0 amide bonds. The summed E-state index contributed by atoms with van der Waals surface area (Å²) >= 11 is 0. The zero-order valence-corrected chi connectivity index (χ0v) is 33.1. The van der Waals surface area contributed by atoms with Crippen LogP contribution in [0.3, 0.4) is 0 Å². The summed E-state index contributed by atoms with van der Waals surface area (Å²) in [7, 11) is 0. The number of ether oxygens (including phenoxy) is 5. The molecule has 2 heterocycles. The van der Waals surface area contributed by atoms with Gasteiger partial charge in [-0.3, -0.25) is 4.90 Å². The van der Waals surface area contributed by atoms with Crippen LogP contribution in [0.1, 0.15) is 120 Å². The standard InChI is InChI=1S/C44H69NO6.CH4/c1-9-47-37(29(4)46)31-24-28(3)36-38(50-31)39(48-10-2)42(8)33-17-16-32-40(5,6)34(18-19-43(32)27-44(33,43)21-20-41(36,42)7)51-35-26-45(22-23-49-35)25-30-14-12-11-13-15-30;/h11-15,28-29,31-39,46H,9-10,16-27H2,1-8H3;1H4/t28-,29?,31?,32+,33?,34?,35?,36+,37-,38?,39+,41-,42-,43-,44+;/m1./s1. The van der Waals surface area contributed by atoms with Gasteiger partial charge in [-0.05, 0) is 123 Å². The van der Waals surface area contributed by atoms with E-state index in [1.54, 1.807) is 0 Å². The lowest BCUT2D eigenvalue weighted by molar-refractivity contribution is -0.250. The highest BCUT2D eigenvalue weighted by Crippen LogP contribution is 2.89. The summed E-state index contributed by atoms with van der Waals surface area (Å²) in [4.78, 5) is 2.50. The van der Waals surface area contributed by atoms with Crippen LogP contribution in [0.25, 0.3) is 0 Å². The van der Waals surface area contributed by atoms with E-state index in [2.05, 4.69) is 76.8 Å². The zero-order valence-electron chi connectivity index (χ0n) is 33.1. The number of benzene rings is 1. The molecule has 2 spiro atoms. The maximum absolute atomic E-state index is 10.8. The smallest absolute Gasteiger partial charge is 0.170 e. The molecule has 5 aliphatic carbocycles. The van der Waals surface area contributed by atoms with E-state index in [1.165, 1.54) is 44.1 Å². The number of hydrogen-bond donors (Lipinski definition) is 1. The van der Waals surface area contributed by atoms with Crippen molar-refractivity contribution in [3.8, 4) is 0 Å². The third-order valence-corrected chi connectivity index (χ3v) is 17.0. The first-order chi connectivity index (χ1) is 24.4. The lowest BCUT2D eigenvalue weighted by Gasteiger charge is -2.64. The topological polar surface area (TPSA) is 69.6 Å². The number of aliphatic hydroxyl groups is 1. The number of fused-ring (bicyclic) bond motifs is 4. The molecule has 15 atom stereocenters. The van der Waals surface area contributed by atoms with Gasteiger partial charge < -0.3 is 28.8 Å². The molecule has 0 radical (unpaired) electrons. The van der Waals surface area contributed by atoms with Gasteiger partial charge in [0.05, 0.1) is 37.1 Å². The summed E-state index contributed by atoms with van der Waals surface area (Å²) in [6.45, 7) is 23.6. The van der Waals surface area contributed by atoms with Crippen molar-refractivity contribution in [2.45, 2.75) is 164 Å². The minimum absolute atomic E-state index is 0. The summed E-state index contributed by atoms with van der Waals surface area (Å²) < 4.78 is 33.6. The summed E-state index contributed by atoms with van der Waals surface area (Å²) in [6, 6.07) is 10.8. The van der Waals surface area contributed by atoms with Gasteiger partial charge in [-0.1, -0.05) is 72.4 Å². The van der Waals surface area contributed by atoms with E-state index in [0.29, 0.717) is 47.7 Å². The van der Waals surface area contributed by atoms with Crippen molar-refractivity contribution in [2.75, 3.05) is 32.9 Å². The van der Waals surface area contributed by atoms with Crippen LogP contribution in [-0.4, -0.2) is 85.8 Å². The molecule has 1 aromatic carbocycles. The Hall–Kier alpha value is -1.06. The molecule has 0 bridgehead atoms. The van der Waals surface area contributed by atoms with Crippen molar-refractivity contribution in [3.63, 3.8) is 0 Å². The number of rotatable bonds is 10. The quantitative estimate of drug-likeness (QED) is 0.260. The first-order valence-corrected chi connectivity index (χ1v) is 21.0. The van der Waals surface area contributed by atoms with Crippen molar-refractivity contribution in [3.05, 3.63) is 35.9 Å². The van der Waals surface area contributed by atoms with E-state index < -0.39 is 6.10 Å². The Labute approximate surface area is 316 Å². The van der Waals surface area contributed by atoms with Crippen LogP contribution < -0.4 is 0 Å². The van der Waals surface area contributed by atoms with Crippen LogP contribution in [0, 0.1) is 50.7 Å². The highest BCUT2D eigenvalue weighted by molar-refractivity contribution is 5.33. The van der Waals surface area contributed by atoms with Crippen molar-refractivity contribution in [1.29, 1.82) is 0 Å². The van der Waals surface area contributed by atoms with Crippen molar-refractivity contribution in [1.82, 2.24) is 4.90 Å². The SMILES string of the molecule is C.CCO[C@H](C(C)O)C1C[C@@H](C)[C@H]2C(O1)[C@H](OCC)[C@@]1(C)C3CC[C@H]4C(C)(C)C(OC5CN(Cc6ccccc6)CCO5)CC[C@@]45C[C@@]35CC[C@]21C. The molecule has 6 unspecified atom stereocenters. The predicted molar refractivity (Wildman–Crippen MR) is 206 cm³/mol. The van der Waals surface area contributed by atoms with Gasteiger partial charge in [-0.25, -0.2) is 0 Å². The monoisotopic (exact) mass is 724 g/mol. The Bertz CT molecular complexity index is 1390. The number of hydrogen-bond acceptors (Lipinski definition) is 7. The normalized spacial score (nSPS) is 47.4. The maximum Gasteiger partial charge on any atom is 0.170 e. The fourth-order valence-corrected chi connectivity index (χ4v) is 14.9. The van der Waals surface area contributed by atoms with E-state index in [0.717, 1.165) is 39.1 Å². The largest absolute Gasteiger partial charge is 0.391 e. The van der Waals surface area contributed by atoms with Gasteiger partial charge in [0.15, 0.2) is 6.29 Å². The van der Waals surface area contributed by atoms with Crippen LogP contribution in [0.15, 0.2) is 30.3 Å². The van der Waals surface area contributed by atoms with Gasteiger partial charge in [0.25, 0.3) is 0 Å². The van der Waals surface area contributed by atoms with E-state index in [9.17, 15) is 5.11 Å². The summed E-state index contributed by atoms with van der Waals surface area (Å²) in [6.07, 6.45) is 9.06. The van der Waals surface area contributed by atoms with E-state index in [1.807, 2.05) is 13.8 Å². The lowest BCUT2D eigenvalue weighted by atomic mass is 9.41. The number of morpholine rings is 1. The van der Waals surface area contributed by atoms with Gasteiger partial charge in [0.1, 0.15) is 6.10 Å². The molecule has 7 nitrogen and oxygen atoms in total. The number of aliphatic hydroxyl groups excluding tert-OH is 1. The Balaban J connectivity index is 0.00000420. The van der Waals surface area contributed by atoms with Crippen LogP contribution in [0.2, 0.25) is 0 Å². The second kappa shape index (κ2) is 14.2.